The van der Waals surface area contributed by atoms with Crippen LogP contribution < -0.4 is 20.5 Å². The summed E-state index contributed by atoms with van der Waals surface area (Å²) in [6.07, 6.45) is 3.29. The zero-order valence-corrected chi connectivity index (χ0v) is 13.6. The van der Waals surface area contributed by atoms with Crippen molar-refractivity contribution in [2.24, 2.45) is 0 Å². The number of hydrogen-bond donors (Lipinski definition) is 2. The molecule has 0 atom stereocenters. The molecule has 0 aliphatic rings. The summed E-state index contributed by atoms with van der Waals surface area (Å²) >= 11 is 3.43. The second-order valence-corrected chi connectivity index (χ2v) is 5.09. The molecule has 1 heterocycles. The number of benzene rings is 1. The topological polar surface area (TPSA) is 69.4 Å². The summed E-state index contributed by atoms with van der Waals surface area (Å²) < 4.78 is 12.0. The maximum Gasteiger partial charge on any atom is 0.163 e. The monoisotopic (exact) mass is 351 g/mol. The Morgan fingerprint density at radius 1 is 1.14 bits per heavy atom. The summed E-state index contributed by atoms with van der Waals surface area (Å²) in [4.78, 5) is 4.01. The number of nitrogens with one attached hydrogen (secondary N) is 1. The minimum Gasteiger partial charge on any atom is -0.490 e. The molecule has 5 nitrogen and oxygen atoms in total. The van der Waals surface area contributed by atoms with Crippen LogP contribution >= 0.6 is 15.9 Å². The van der Waals surface area contributed by atoms with E-state index in [9.17, 15) is 0 Å². The number of pyridine rings is 1. The third-order valence-electron chi connectivity index (χ3n) is 2.74. The highest BCUT2D eigenvalue weighted by Gasteiger charge is 2.09. The zero-order valence-electron chi connectivity index (χ0n) is 12.0. The van der Waals surface area contributed by atoms with Crippen molar-refractivity contribution in [1.29, 1.82) is 0 Å². The van der Waals surface area contributed by atoms with E-state index in [1.165, 1.54) is 0 Å². The fourth-order valence-corrected chi connectivity index (χ4v) is 2.30. The molecule has 0 fully saturated rings. The van der Waals surface area contributed by atoms with Gasteiger partial charge in [-0.3, -0.25) is 4.98 Å². The summed E-state index contributed by atoms with van der Waals surface area (Å²) in [5.74, 6) is 1.43. The molecule has 1 aromatic heterocycles. The highest BCUT2D eigenvalue weighted by atomic mass is 79.9. The molecule has 0 bridgehead atoms. The van der Waals surface area contributed by atoms with Gasteiger partial charge in [-0.1, -0.05) is 0 Å². The first kappa shape index (κ1) is 15.4. The summed E-state index contributed by atoms with van der Waals surface area (Å²) in [7, 11) is 0. The van der Waals surface area contributed by atoms with E-state index < -0.39 is 0 Å². The second kappa shape index (κ2) is 7.17. The van der Waals surface area contributed by atoms with E-state index in [1.54, 1.807) is 12.4 Å². The van der Waals surface area contributed by atoms with Gasteiger partial charge < -0.3 is 20.5 Å². The van der Waals surface area contributed by atoms with Gasteiger partial charge in [-0.25, -0.2) is 0 Å². The highest BCUT2D eigenvalue weighted by molar-refractivity contribution is 9.10. The van der Waals surface area contributed by atoms with Crippen LogP contribution in [-0.2, 0) is 0 Å². The molecular weight excluding hydrogens is 334 g/mol. The Balaban J connectivity index is 2.30. The Morgan fingerprint density at radius 3 is 2.52 bits per heavy atom. The van der Waals surface area contributed by atoms with Gasteiger partial charge in [0.1, 0.15) is 0 Å². The van der Waals surface area contributed by atoms with Crippen LogP contribution in [0.1, 0.15) is 13.8 Å². The summed E-state index contributed by atoms with van der Waals surface area (Å²) in [6, 6.07) is 5.68. The average Bonchev–Trinajstić information content (AvgIpc) is 2.46. The Morgan fingerprint density at radius 2 is 1.86 bits per heavy atom. The molecule has 1 aromatic carbocycles. The third kappa shape index (κ3) is 3.78. The van der Waals surface area contributed by atoms with Crippen molar-refractivity contribution >= 4 is 33.0 Å². The van der Waals surface area contributed by atoms with Crippen LogP contribution in [0.3, 0.4) is 0 Å². The quantitative estimate of drug-likeness (QED) is 0.823. The number of anilines is 3. The van der Waals surface area contributed by atoms with Crippen molar-refractivity contribution in [3.63, 3.8) is 0 Å². The maximum atomic E-state index is 5.93. The normalized spacial score (nSPS) is 10.2. The maximum absolute atomic E-state index is 5.93. The zero-order chi connectivity index (χ0) is 15.2. The lowest BCUT2D eigenvalue weighted by atomic mass is 10.2. The van der Waals surface area contributed by atoms with Crippen molar-refractivity contribution in [2.75, 3.05) is 24.3 Å². The largest absolute Gasteiger partial charge is 0.490 e. The van der Waals surface area contributed by atoms with Gasteiger partial charge in [0, 0.05) is 18.0 Å². The highest BCUT2D eigenvalue weighted by Crippen LogP contribution is 2.35. The first-order valence-electron chi connectivity index (χ1n) is 6.71. The molecule has 2 rings (SSSR count). The Kier molecular flexibility index (Phi) is 5.27. The molecule has 0 unspecified atom stereocenters. The van der Waals surface area contributed by atoms with Gasteiger partial charge in [0.15, 0.2) is 11.5 Å². The van der Waals surface area contributed by atoms with E-state index in [1.807, 2.05) is 32.0 Å². The van der Waals surface area contributed by atoms with Crippen molar-refractivity contribution < 1.29 is 9.47 Å². The second-order valence-electron chi connectivity index (χ2n) is 4.24. The predicted octanol–water partition coefficient (Wildman–Crippen LogP) is 3.97. The van der Waals surface area contributed by atoms with Crippen LogP contribution in [0, 0.1) is 0 Å². The standard InChI is InChI=1S/C15H18BrN3O2/c1-3-20-13-6-5-10(7-14(13)21-4-2)19-15-11(16)8-18-9-12(15)17/h5-9H,3-4,17H2,1-2H3,(H,18,19). The molecule has 3 N–H and O–H groups in total. The van der Waals surface area contributed by atoms with E-state index in [4.69, 9.17) is 15.2 Å². The molecule has 21 heavy (non-hydrogen) atoms. The number of aromatic nitrogens is 1. The molecule has 6 heteroatoms. The molecular formula is C15H18BrN3O2. The minimum absolute atomic E-state index is 0.566. The van der Waals surface area contributed by atoms with Crippen LogP contribution in [0.15, 0.2) is 35.1 Å². The average molecular weight is 352 g/mol. The van der Waals surface area contributed by atoms with Crippen molar-refractivity contribution in [1.82, 2.24) is 4.98 Å². The Labute approximate surface area is 132 Å². The number of hydrogen-bond acceptors (Lipinski definition) is 5. The number of rotatable bonds is 6. The molecule has 0 radical (unpaired) electrons. The molecule has 0 aliphatic carbocycles. The van der Waals surface area contributed by atoms with Crippen molar-refractivity contribution in [3.8, 4) is 11.5 Å². The van der Waals surface area contributed by atoms with Gasteiger partial charge in [0.2, 0.25) is 0 Å². The van der Waals surface area contributed by atoms with E-state index in [2.05, 4.69) is 26.2 Å². The van der Waals surface area contributed by atoms with E-state index in [0.717, 1.165) is 21.6 Å². The first-order chi connectivity index (χ1) is 10.2. The lowest BCUT2D eigenvalue weighted by molar-refractivity contribution is 0.288. The van der Waals surface area contributed by atoms with Crippen LogP contribution in [-0.4, -0.2) is 18.2 Å². The molecule has 0 aliphatic heterocycles. The molecule has 2 aromatic rings. The van der Waals surface area contributed by atoms with Gasteiger partial charge in [-0.2, -0.15) is 0 Å². The fraction of sp³-hybridized carbons (Fsp3) is 0.267. The lowest BCUT2D eigenvalue weighted by Gasteiger charge is -2.15. The number of nitrogens with two attached hydrogens (primary N) is 1. The van der Waals surface area contributed by atoms with Gasteiger partial charge in [0.25, 0.3) is 0 Å². The Hall–Kier alpha value is -1.95. The fourth-order valence-electron chi connectivity index (χ4n) is 1.86. The first-order valence-corrected chi connectivity index (χ1v) is 7.50. The molecule has 0 amide bonds. The number of nitrogens with zero attached hydrogens (tertiary/aromatic N) is 1. The van der Waals surface area contributed by atoms with E-state index >= 15 is 0 Å². The van der Waals surface area contributed by atoms with Crippen LogP contribution in [0.4, 0.5) is 17.1 Å². The Bertz CT molecular complexity index is 600. The number of ether oxygens (including phenoxy) is 2. The van der Waals surface area contributed by atoms with Crippen molar-refractivity contribution in [2.45, 2.75) is 13.8 Å². The van der Waals surface area contributed by atoms with Gasteiger partial charge >= 0.3 is 0 Å². The summed E-state index contributed by atoms with van der Waals surface area (Å²) in [6.45, 7) is 5.05. The smallest absolute Gasteiger partial charge is 0.163 e. The SMILES string of the molecule is CCOc1ccc(Nc2c(N)cncc2Br)cc1OCC. The number of halogens is 1. The third-order valence-corrected chi connectivity index (χ3v) is 3.34. The summed E-state index contributed by atoms with van der Waals surface area (Å²) in [5.41, 5.74) is 8.13. The molecule has 0 saturated heterocycles. The molecule has 112 valence electrons. The van der Waals surface area contributed by atoms with E-state index in [-0.39, 0.29) is 0 Å². The van der Waals surface area contributed by atoms with Gasteiger partial charge in [0.05, 0.1) is 35.3 Å². The minimum atomic E-state index is 0.566. The van der Waals surface area contributed by atoms with E-state index in [0.29, 0.717) is 24.7 Å². The van der Waals surface area contributed by atoms with Crippen LogP contribution in [0.5, 0.6) is 11.5 Å². The van der Waals surface area contributed by atoms with Gasteiger partial charge in [-0.15, -0.1) is 0 Å². The van der Waals surface area contributed by atoms with Gasteiger partial charge in [-0.05, 0) is 41.9 Å². The molecule has 0 spiro atoms. The van der Waals surface area contributed by atoms with Crippen molar-refractivity contribution in [3.05, 3.63) is 35.1 Å². The van der Waals surface area contributed by atoms with Crippen LogP contribution in [0.2, 0.25) is 0 Å². The summed E-state index contributed by atoms with van der Waals surface area (Å²) in [5, 5.41) is 3.26. The lowest BCUT2D eigenvalue weighted by Crippen LogP contribution is -2.01. The molecule has 0 saturated carbocycles. The van der Waals surface area contributed by atoms with Crippen LogP contribution in [0.25, 0.3) is 0 Å². The predicted molar refractivity (Wildman–Crippen MR) is 88.4 cm³/mol. The number of nitrogen functional groups attached to an aromatic ring is 1.